The van der Waals surface area contributed by atoms with Crippen molar-refractivity contribution in [2.24, 2.45) is 0 Å². The van der Waals surface area contributed by atoms with E-state index < -0.39 is 0 Å². The number of hydrogen-bond acceptors (Lipinski definition) is 3. The number of ether oxygens (including phenoxy) is 2. The maximum Gasteiger partial charge on any atom is 0.231 e. The van der Waals surface area contributed by atoms with Crippen molar-refractivity contribution in [3.63, 3.8) is 0 Å². The number of halogens is 2. The number of phenolic OH excluding ortho intramolecular Hbond substituents is 1. The quantitative estimate of drug-likeness (QED) is 0.784. The fourth-order valence-corrected chi connectivity index (χ4v) is 1.90. The van der Waals surface area contributed by atoms with Crippen LogP contribution < -0.4 is 9.47 Å². The van der Waals surface area contributed by atoms with Crippen LogP contribution in [0.1, 0.15) is 5.56 Å². The van der Waals surface area contributed by atoms with Crippen LogP contribution in [0.2, 0.25) is 5.02 Å². The normalized spacial score (nSPS) is 13.5. The van der Waals surface area contributed by atoms with Gasteiger partial charge in [-0.15, -0.1) is 0 Å². The van der Waals surface area contributed by atoms with E-state index in [0.29, 0.717) is 26.6 Å². The fraction of sp³-hybridized carbons (Fsp3) is 0.250. The standard InChI is InChI=1S/C8H6BrClO3/c1-3-6(11)4(9)5(10)8-7(3)12-2-13-8/h11H,2H2,1H3. The molecule has 0 amide bonds. The lowest BCUT2D eigenvalue weighted by Crippen LogP contribution is -1.93. The molecule has 0 saturated heterocycles. The van der Waals surface area contributed by atoms with E-state index in [1.54, 1.807) is 6.92 Å². The first-order chi connectivity index (χ1) is 6.13. The average molecular weight is 265 g/mol. The average Bonchev–Trinajstić information content (AvgIpc) is 2.59. The second kappa shape index (κ2) is 2.96. The van der Waals surface area contributed by atoms with Crippen molar-refractivity contribution < 1.29 is 14.6 Å². The first-order valence-electron chi connectivity index (χ1n) is 3.59. The number of rotatable bonds is 0. The molecule has 0 unspecified atom stereocenters. The molecule has 1 aromatic rings. The van der Waals surface area contributed by atoms with E-state index in [2.05, 4.69) is 15.9 Å². The highest BCUT2D eigenvalue weighted by Gasteiger charge is 2.25. The summed E-state index contributed by atoms with van der Waals surface area (Å²) in [5.41, 5.74) is 0.628. The molecule has 0 spiro atoms. The summed E-state index contributed by atoms with van der Waals surface area (Å²) in [6, 6.07) is 0. The molecule has 1 aromatic carbocycles. The molecule has 0 radical (unpaired) electrons. The lowest BCUT2D eigenvalue weighted by Gasteiger charge is -2.07. The molecule has 1 heterocycles. The maximum absolute atomic E-state index is 9.58. The van der Waals surface area contributed by atoms with Gasteiger partial charge in [-0.1, -0.05) is 11.6 Å². The zero-order valence-corrected chi connectivity index (χ0v) is 9.07. The molecule has 1 N–H and O–H groups in total. The highest BCUT2D eigenvalue weighted by atomic mass is 79.9. The van der Waals surface area contributed by atoms with Gasteiger partial charge in [0.2, 0.25) is 6.79 Å². The van der Waals surface area contributed by atoms with Crippen LogP contribution in [0.4, 0.5) is 0 Å². The van der Waals surface area contributed by atoms with Crippen LogP contribution in [0.25, 0.3) is 0 Å². The Morgan fingerprint density at radius 1 is 1.38 bits per heavy atom. The number of hydrogen-bond donors (Lipinski definition) is 1. The summed E-state index contributed by atoms with van der Waals surface area (Å²) >= 11 is 9.07. The van der Waals surface area contributed by atoms with Gasteiger partial charge in [0.05, 0.1) is 4.47 Å². The van der Waals surface area contributed by atoms with Gasteiger partial charge in [-0.05, 0) is 22.9 Å². The molecule has 0 fully saturated rings. The van der Waals surface area contributed by atoms with E-state index in [0.717, 1.165) is 0 Å². The molecule has 70 valence electrons. The van der Waals surface area contributed by atoms with E-state index in [1.807, 2.05) is 0 Å². The topological polar surface area (TPSA) is 38.7 Å². The Kier molecular flexibility index (Phi) is 2.04. The van der Waals surface area contributed by atoms with Crippen LogP contribution in [0.3, 0.4) is 0 Å². The number of phenols is 1. The molecule has 0 saturated carbocycles. The minimum absolute atomic E-state index is 0.0919. The van der Waals surface area contributed by atoms with Crippen LogP contribution in [0.5, 0.6) is 17.2 Å². The second-order valence-electron chi connectivity index (χ2n) is 2.67. The minimum Gasteiger partial charge on any atom is -0.506 e. The maximum atomic E-state index is 9.58. The third-order valence-corrected chi connectivity index (χ3v) is 3.27. The van der Waals surface area contributed by atoms with Crippen LogP contribution in [0, 0.1) is 6.92 Å². The Bertz CT molecular complexity index is 343. The zero-order valence-electron chi connectivity index (χ0n) is 6.73. The Balaban J connectivity index is 2.77. The van der Waals surface area contributed by atoms with E-state index >= 15 is 0 Å². The Morgan fingerprint density at radius 3 is 2.69 bits per heavy atom. The predicted octanol–water partition coefficient (Wildman–Crippen LogP) is 2.85. The lowest BCUT2D eigenvalue weighted by molar-refractivity contribution is 0.173. The van der Waals surface area contributed by atoms with Gasteiger partial charge in [0.25, 0.3) is 0 Å². The molecule has 0 atom stereocenters. The molecular weight excluding hydrogens is 259 g/mol. The molecule has 0 bridgehead atoms. The highest BCUT2D eigenvalue weighted by Crippen LogP contribution is 2.50. The van der Waals surface area contributed by atoms with Crippen LogP contribution in [-0.2, 0) is 0 Å². The van der Waals surface area contributed by atoms with Crippen molar-refractivity contribution >= 4 is 27.5 Å². The molecule has 1 aliphatic heterocycles. The van der Waals surface area contributed by atoms with Crippen LogP contribution >= 0.6 is 27.5 Å². The van der Waals surface area contributed by atoms with Crippen molar-refractivity contribution in [2.45, 2.75) is 6.92 Å². The predicted molar refractivity (Wildman–Crippen MR) is 51.7 cm³/mol. The molecule has 2 rings (SSSR count). The smallest absolute Gasteiger partial charge is 0.231 e. The largest absolute Gasteiger partial charge is 0.506 e. The van der Waals surface area contributed by atoms with Crippen molar-refractivity contribution in [2.75, 3.05) is 6.79 Å². The monoisotopic (exact) mass is 264 g/mol. The summed E-state index contributed by atoms with van der Waals surface area (Å²) in [6.45, 7) is 1.88. The fourth-order valence-electron chi connectivity index (χ4n) is 1.20. The summed E-state index contributed by atoms with van der Waals surface area (Å²) in [5.74, 6) is 1.10. The van der Waals surface area contributed by atoms with E-state index in [-0.39, 0.29) is 12.5 Å². The number of aromatic hydroxyl groups is 1. The lowest BCUT2D eigenvalue weighted by atomic mass is 10.2. The highest BCUT2D eigenvalue weighted by molar-refractivity contribution is 9.10. The van der Waals surface area contributed by atoms with Gasteiger partial charge in [-0.2, -0.15) is 0 Å². The van der Waals surface area contributed by atoms with Gasteiger partial charge < -0.3 is 14.6 Å². The van der Waals surface area contributed by atoms with Crippen molar-refractivity contribution in [1.29, 1.82) is 0 Å². The molecule has 3 nitrogen and oxygen atoms in total. The number of fused-ring (bicyclic) bond motifs is 1. The van der Waals surface area contributed by atoms with Crippen LogP contribution in [-0.4, -0.2) is 11.9 Å². The molecular formula is C8H6BrClO3. The van der Waals surface area contributed by atoms with Gasteiger partial charge in [-0.25, -0.2) is 0 Å². The third-order valence-electron chi connectivity index (χ3n) is 1.91. The molecule has 13 heavy (non-hydrogen) atoms. The first kappa shape index (κ1) is 8.97. The summed E-state index contributed by atoms with van der Waals surface area (Å²) in [5, 5.41) is 9.93. The summed E-state index contributed by atoms with van der Waals surface area (Å²) in [7, 11) is 0. The Morgan fingerprint density at radius 2 is 2.00 bits per heavy atom. The first-order valence-corrected chi connectivity index (χ1v) is 4.76. The van der Waals surface area contributed by atoms with Crippen LogP contribution in [0.15, 0.2) is 4.47 Å². The summed E-state index contributed by atoms with van der Waals surface area (Å²) < 4.78 is 10.7. The van der Waals surface area contributed by atoms with Crippen molar-refractivity contribution in [1.82, 2.24) is 0 Å². The Hall–Kier alpha value is -0.610. The summed E-state index contributed by atoms with van der Waals surface area (Å²) in [6.07, 6.45) is 0. The molecule has 0 aliphatic carbocycles. The molecule has 1 aliphatic rings. The van der Waals surface area contributed by atoms with Gasteiger partial charge in [0.15, 0.2) is 11.5 Å². The van der Waals surface area contributed by atoms with Gasteiger partial charge in [0, 0.05) is 5.56 Å². The number of benzene rings is 1. The third kappa shape index (κ3) is 1.16. The van der Waals surface area contributed by atoms with E-state index in [9.17, 15) is 5.11 Å². The Labute approximate surface area is 88.3 Å². The second-order valence-corrected chi connectivity index (χ2v) is 3.84. The summed E-state index contributed by atoms with van der Waals surface area (Å²) in [4.78, 5) is 0. The minimum atomic E-state index is 0.0919. The molecule has 0 aromatic heterocycles. The molecule has 5 heteroatoms. The van der Waals surface area contributed by atoms with Gasteiger partial charge in [-0.3, -0.25) is 0 Å². The van der Waals surface area contributed by atoms with Gasteiger partial charge >= 0.3 is 0 Å². The SMILES string of the molecule is Cc1c(O)c(Br)c(Cl)c2c1OCO2. The van der Waals surface area contributed by atoms with Crippen molar-refractivity contribution in [3.8, 4) is 17.2 Å². The van der Waals surface area contributed by atoms with Gasteiger partial charge in [0.1, 0.15) is 10.8 Å². The van der Waals surface area contributed by atoms with E-state index in [4.69, 9.17) is 21.1 Å². The van der Waals surface area contributed by atoms with E-state index in [1.165, 1.54) is 0 Å². The zero-order chi connectivity index (χ0) is 9.59. The van der Waals surface area contributed by atoms with Crippen molar-refractivity contribution in [3.05, 3.63) is 15.1 Å².